The molecule has 0 bridgehead atoms. The molecule has 0 radical (unpaired) electrons. The normalized spacial score (nSPS) is 25.9. The number of aldehydes is 1. The Bertz CT molecular complexity index is 1020. The minimum Gasteiger partial charge on any atom is -0.388 e. The second-order valence-electron chi connectivity index (χ2n) is 6.76. The van der Waals surface area contributed by atoms with Gasteiger partial charge in [-0.3, -0.25) is 0 Å². The summed E-state index contributed by atoms with van der Waals surface area (Å²) in [5.41, 5.74) is 1.14. The van der Waals surface area contributed by atoms with Crippen LogP contribution in [0, 0.1) is 24.5 Å². The van der Waals surface area contributed by atoms with Gasteiger partial charge in [-0.15, -0.1) is 0 Å². The first-order valence-corrected chi connectivity index (χ1v) is 8.61. The first-order chi connectivity index (χ1) is 13.4. The molecular weight excluding hydrogens is 372 g/mol. The lowest BCUT2D eigenvalue weighted by molar-refractivity contribution is -0.117. The molecule has 3 aromatic rings. The SMILES string of the molecule is Cc1ncnc2c1ccn2C1OC(C(O)c2cc(F)cc(F)c2)C(C=O)C1O. The Hall–Kier alpha value is -2.75. The van der Waals surface area contributed by atoms with Crippen LogP contribution in [0.25, 0.3) is 11.0 Å². The molecule has 1 aromatic carbocycles. The van der Waals surface area contributed by atoms with Crippen LogP contribution in [0.4, 0.5) is 8.78 Å². The summed E-state index contributed by atoms with van der Waals surface area (Å²) in [6.45, 7) is 1.81. The highest BCUT2D eigenvalue weighted by atomic mass is 19.1. The summed E-state index contributed by atoms with van der Waals surface area (Å²) in [6.07, 6.45) is -1.54. The van der Waals surface area contributed by atoms with Gasteiger partial charge in [-0.05, 0) is 30.7 Å². The quantitative estimate of drug-likeness (QED) is 0.661. The lowest BCUT2D eigenvalue weighted by atomic mass is 9.92. The van der Waals surface area contributed by atoms with Crippen molar-refractivity contribution in [1.29, 1.82) is 0 Å². The Balaban J connectivity index is 1.70. The standard InChI is InChI=1S/C19H17F2N3O4/c1-9-13-2-3-24(18(13)23-8-22-9)19-16(27)14(7-25)17(28-19)15(26)10-4-11(20)6-12(21)5-10/h2-8,14-17,19,26-27H,1H3. The van der Waals surface area contributed by atoms with Gasteiger partial charge in [-0.1, -0.05) is 0 Å². The second kappa shape index (κ2) is 7.01. The summed E-state index contributed by atoms with van der Waals surface area (Å²) >= 11 is 0. The maximum atomic E-state index is 13.5. The number of hydrogen-bond acceptors (Lipinski definition) is 6. The van der Waals surface area contributed by atoms with E-state index in [9.17, 15) is 23.8 Å². The van der Waals surface area contributed by atoms with Gasteiger partial charge in [-0.25, -0.2) is 18.7 Å². The van der Waals surface area contributed by atoms with Gasteiger partial charge in [0.25, 0.3) is 0 Å². The third kappa shape index (κ3) is 2.97. The number of aromatic nitrogens is 3. The van der Waals surface area contributed by atoms with Crippen LogP contribution in [0.2, 0.25) is 0 Å². The number of ether oxygens (including phenoxy) is 1. The van der Waals surface area contributed by atoms with E-state index >= 15 is 0 Å². The molecule has 9 heteroatoms. The smallest absolute Gasteiger partial charge is 0.162 e. The van der Waals surface area contributed by atoms with Gasteiger partial charge in [0.05, 0.1) is 11.6 Å². The predicted molar refractivity (Wildman–Crippen MR) is 93.1 cm³/mol. The molecule has 0 spiro atoms. The summed E-state index contributed by atoms with van der Waals surface area (Å²) in [5, 5.41) is 22.0. The van der Waals surface area contributed by atoms with E-state index in [4.69, 9.17) is 4.74 Å². The van der Waals surface area contributed by atoms with Gasteiger partial charge in [0.15, 0.2) is 6.23 Å². The predicted octanol–water partition coefficient (Wildman–Crippen LogP) is 1.82. The van der Waals surface area contributed by atoms with Gasteiger partial charge in [-0.2, -0.15) is 0 Å². The number of rotatable bonds is 4. The van der Waals surface area contributed by atoms with Crippen LogP contribution in [0.3, 0.4) is 0 Å². The van der Waals surface area contributed by atoms with E-state index in [1.54, 1.807) is 23.8 Å². The van der Waals surface area contributed by atoms with E-state index in [0.29, 0.717) is 18.0 Å². The average Bonchev–Trinajstić information content (AvgIpc) is 3.22. The number of carbonyl (C=O) groups is 1. The van der Waals surface area contributed by atoms with Crippen molar-refractivity contribution in [3.8, 4) is 0 Å². The van der Waals surface area contributed by atoms with E-state index in [0.717, 1.165) is 23.2 Å². The fraction of sp³-hybridized carbons (Fsp3) is 0.316. The van der Waals surface area contributed by atoms with Crippen molar-refractivity contribution in [2.24, 2.45) is 5.92 Å². The summed E-state index contributed by atoms with van der Waals surface area (Å²) < 4.78 is 34.4. The zero-order valence-corrected chi connectivity index (χ0v) is 14.7. The highest BCUT2D eigenvalue weighted by Crippen LogP contribution is 2.40. The number of aryl methyl sites for hydroxylation is 1. The monoisotopic (exact) mass is 389 g/mol. The first kappa shape index (κ1) is 18.6. The van der Waals surface area contributed by atoms with Crippen molar-refractivity contribution in [2.45, 2.75) is 31.5 Å². The average molecular weight is 389 g/mol. The third-order valence-electron chi connectivity index (χ3n) is 5.04. The van der Waals surface area contributed by atoms with E-state index in [1.807, 2.05) is 0 Å². The number of fused-ring (bicyclic) bond motifs is 1. The molecule has 28 heavy (non-hydrogen) atoms. The number of hydrogen-bond donors (Lipinski definition) is 2. The minimum absolute atomic E-state index is 0.0854. The van der Waals surface area contributed by atoms with E-state index in [1.165, 1.54) is 6.33 Å². The van der Waals surface area contributed by atoms with Gasteiger partial charge < -0.3 is 24.3 Å². The number of aliphatic hydroxyl groups is 2. The van der Waals surface area contributed by atoms with Gasteiger partial charge in [0.2, 0.25) is 0 Å². The lowest BCUT2D eigenvalue weighted by Gasteiger charge is -2.21. The Morgan fingerprint density at radius 1 is 1.25 bits per heavy atom. The number of aliphatic hydroxyl groups excluding tert-OH is 2. The molecule has 146 valence electrons. The molecule has 2 aromatic heterocycles. The Morgan fingerprint density at radius 3 is 2.64 bits per heavy atom. The van der Waals surface area contributed by atoms with Crippen LogP contribution in [-0.4, -0.2) is 43.2 Å². The fourth-order valence-corrected chi connectivity index (χ4v) is 3.63. The second-order valence-corrected chi connectivity index (χ2v) is 6.76. The van der Waals surface area contributed by atoms with Crippen molar-refractivity contribution in [2.75, 3.05) is 0 Å². The molecule has 1 aliphatic heterocycles. The van der Waals surface area contributed by atoms with Crippen LogP contribution in [0.15, 0.2) is 36.8 Å². The number of halogens is 2. The zero-order valence-electron chi connectivity index (χ0n) is 14.7. The van der Waals surface area contributed by atoms with E-state index in [-0.39, 0.29) is 5.56 Å². The summed E-state index contributed by atoms with van der Waals surface area (Å²) in [7, 11) is 0. The first-order valence-electron chi connectivity index (χ1n) is 8.61. The van der Waals surface area contributed by atoms with Crippen LogP contribution < -0.4 is 0 Å². The molecule has 7 nitrogen and oxygen atoms in total. The van der Waals surface area contributed by atoms with Crippen LogP contribution in [-0.2, 0) is 9.53 Å². The number of nitrogens with zero attached hydrogens (tertiary/aromatic N) is 3. The molecule has 3 heterocycles. The molecule has 2 N–H and O–H groups in total. The largest absolute Gasteiger partial charge is 0.388 e. The molecule has 0 saturated carbocycles. The summed E-state index contributed by atoms with van der Waals surface area (Å²) in [6, 6.07) is 4.34. The third-order valence-corrected chi connectivity index (χ3v) is 5.04. The maximum Gasteiger partial charge on any atom is 0.162 e. The number of benzene rings is 1. The zero-order chi connectivity index (χ0) is 20.0. The number of carbonyl (C=O) groups excluding carboxylic acids is 1. The van der Waals surface area contributed by atoms with Crippen molar-refractivity contribution in [3.05, 3.63) is 59.7 Å². The van der Waals surface area contributed by atoms with Crippen molar-refractivity contribution < 1.29 is 28.5 Å². The van der Waals surface area contributed by atoms with Gasteiger partial charge >= 0.3 is 0 Å². The molecule has 1 saturated heterocycles. The topological polar surface area (TPSA) is 97.5 Å². The van der Waals surface area contributed by atoms with Crippen molar-refractivity contribution in [1.82, 2.24) is 14.5 Å². The molecule has 5 atom stereocenters. The molecule has 4 rings (SSSR count). The molecule has 1 fully saturated rings. The Kier molecular flexibility index (Phi) is 4.66. The fourth-order valence-electron chi connectivity index (χ4n) is 3.63. The highest BCUT2D eigenvalue weighted by molar-refractivity contribution is 5.78. The van der Waals surface area contributed by atoms with Crippen LogP contribution in [0.1, 0.15) is 23.6 Å². The van der Waals surface area contributed by atoms with E-state index < -0.39 is 42.1 Å². The van der Waals surface area contributed by atoms with Crippen LogP contribution >= 0.6 is 0 Å². The molecular formula is C19H17F2N3O4. The van der Waals surface area contributed by atoms with E-state index in [2.05, 4.69) is 9.97 Å². The van der Waals surface area contributed by atoms with Crippen molar-refractivity contribution in [3.63, 3.8) is 0 Å². The minimum atomic E-state index is -1.52. The molecule has 5 unspecified atom stereocenters. The van der Waals surface area contributed by atoms with Crippen molar-refractivity contribution >= 4 is 17.3 Å². The summed E-state index contributed by atoms with van der Waals surface area (Å²) in [5.74, 6) is -2.84. The van der Waals surface area contributed by atoms with Crippen LogP contribution in [0.5, 0.6) is 0 Å². The van der Waals surface area contributed by atoms with Gasteiger partial charge in [0, 0.05) is 17.6 Å². The molecule has 0 amide bonds. The maximum absolute atomic E-state index is 13.5. The Morgan fingerprint density at radius 2 is 1.96 bits per heavy atom. The summed E-state index contributed by atoms with van der Waals surface area (Å²) in [4.78, 5) is 19.9. The van der Waals surface area contributed by atoms with Gasteiger partial charge in [0.1, 0.15) is 48.2 Å². The molecule has 1 aliphatic rings. The highest BCUT2D eigenvalue weighted by Gasteiger charge is 2.48. The molecule has 0 aliphatic carbocycles. The lowest BCUT2D eigenvalue weighted by Crippen LogP contribution is -2.31. The Labute approximate surface area is 158 Å².